The molecular weight excluding hydrogens is 330 g/mol. The minimum Gasteiger partial charge on any atom is -0.383 e. The summed E-state index contributed by atoms with van der Waals surface area (Å²) >= 11 is 0. The monoisotopic (exact) mass is 349 g/mol. The van der Waals surface area contributed by atoms with E-state index < -0.39 is 0 Å². The van der Waals surface area contributed by atoms with E-state index in [4.69, 9.17) is 9.84 Å². The first-order valence-electron chi connectivity index (χ1n) is 8.56. The van der Waals surface area contributed by atoms with Gasteiger partial charge in [0.1, 0.15) is 5.52 Å². The van der Waals surface area contributed by atoms with Crippen LogP contribution in [-0.2, 0) is 17.7 Å². The van der Waals surface area contributed by atoms with Crippen LogP contribution < -0.4 is 5.56 Å². The molecule has 0 saturated heterocycles. The molecule has 1 aromatic carbocycles. The maximum Gasteiger partial charge on any atom is 0.280 e. The first-order chi connectivity index (χ1) is 12.7. The van der Waals surface area contributed by atoms with E-state index in [0.29, 0.717) is 29.8 Å². The summed E-state index contributed by atoms with van der Waals surface area (Å²) in [6, 6.07) is 11.9. The van der Waals surface area contributed by atoms with Crippen molar-refractivity contribution in [2.24, 2.45) is 0 Å². The minimum atomic E-state index is -0.191. The fourth-order valence-electron chi connectivity index (χ4n) is 3.14. The standard InChI is InChI=1S/C19H19N5O2/c1-3-14-16(13-7-5-4-6-8-13)18-21-20-17-15(24(18)22-14)9-10-23(19(17)25)11-12-26-2/h4-10H,3,11-12H2,1-2H3. The first-order valence-corrected chi connectivity index (χ1v) is 8.56. The lowest BCUT2D eigenvalue weighted by Gasteiger charge is -2.06. The SMILES string of the molecule is CCc1nn2c(nnc3c(=O)n(CCOC)ccc32)c1-c1ccccc1. The Kier molecular flexibility index (Phi) is 4.22. The Bertz CT molecular complexity index is 1130. The molecular formula is C19H19N5O2. The van der Waals surface area contributed by atoms with Crippen molar-refractivity contribution in [3.05, 3.63) is 58.6 Å². The Morgan fingerprint density at radius 1 is 1.12 bits per heavy atom. The van der Waals surface area contributed by atoms with Crippen LogP contribution in [-0.4, -0.2) is 38.1 Å². The van der Waals surface area contributed by atoms with E-state index in [0.717, 1.165) is 23.2 Å². The molecule has 0 atom stereocenters. The Hall–Kier alpha value is -3.06. The van der Waals surface area contributed by atoms with Gasteiger partial charge in [-0.05, 0) is 18.1 Å². The van der Waals surface area contributed by atoms with E-state index in [-0.39, 0.29) is 5.56 Å². The molecule has 0 aliphatic carbocycles. The third-order valence-electron chi connectivity index (χ3n) is 4.46. The van der Waals surface area contributed by atoms with Crippen molar-refractivity contribution in [3.63, 3.8) is 0 Å². The lowest BCUT2D eigenvalue weighted by molar-refractivity contribution is 0.186. The van der Waals surface area contributed by atoms with Gasteiger partial charge in [-0.3, -0.25) is 4.79 Å². The molecule has 0 aliphatic rings. The van der Waals surface area contributed by atoms with Crippen LogP contribution in [0, 0.1) is 0 Å². The van der Waals surface area contributed by atoms with Crippen molar-refractivity contribution in [2.75, 3.05) is 13.7 Å². The molecule has 0 fully saturated rings. The molecule has 0 unspecified atom stereocenters. The number of aryl methyl sites for hydroxylation is 1. The van der Waals surface area contributed by atoms with Gasteiger partial charge < -0.3 is 9.30 Å². The maximum atomic E-state index is 12.7. The Morgan fingerprint density at radius 2 is 1.92 bits per heavy atom. The number of benzene rings is 1. The second-order valence-electron chi connectivity index (χ2n) is 6.02. The lowest BCUT2D eigenvalue weighted by Crippen LogP contribution is -2.23. The van der Waals surface area contributed by atoms with E-state index in [9.17, 15) is 4.79 Å². The van der Waals surface area contributed by atoms with Gasteiger partial charge in [0.25, 0.3) is 5.56 Å². The van der Waals surface area contributed by atoms with Gasteiger partial charge in [0.05, 0.1) is 17.9 Å². The molecule has 0 amide bonds. The molecule has 0 radical (unpaired) electrons. The van der Waals surface area contributed by atoms with Crippen LogP contribution in [0.3, 0.4) is 0 Å². The number of aromatic nitrogens is 5. The third kappa shape index (κ3) is 2.57. The molecule has 4 aromatic rings. The summed E-state index contributed by atoms with van der Waals surface area (Å²) in [5.74, 6) is 0. The molecule has 4 rings (SSSR count). The number of ether oxygens (including phenoxy) is 1. The number of methoxy groups -OCH3 is 1. The van der Waals surface area contributed by atoms with E-state index in [1.165, 1.54) is 0 Å². The van der Waals surface area contributed by atoms with Crippen LogP contribution in [0.15, 0.2) is 47.4 Å². The highest BCUT2D eigenvalue weighted by atomic mass is 16.5. The van der Waals surface area contributed by atoms with Crippen molar-refractivity contribution in [3.8, 4) is 11.1 Å². The topological polar surface area (TPSA) is 74.3 Å². The van der Waals surface area contributed by atoms with Crippen LogP contribution >= 0.6 is 0 Å². The smallest absolute Gasteiger partial charge is 0.280 e. The van der Waals surface area contributed by atoms with Crippen LogP contribution in [0.4, 0.5) is 0 Å². The van der Waals surface area contributed by atoms with Gasteiger partial charge in [0, 0.05) is 19.9 Å². The van der Waals surface area contributed by atoms with Gasteiger partial charge >= 0.3 is 0 Å². The Labute approximate surface area is 149 Å². The quantitative estimate of drug-likeness (QED) is 0.553. The van der Waals surface area contributed by atoms with Crippen molar-refractivity contribution in [1.29, 1.82) is 0 Å². The number of rotatable bonds is 5. The molecule has 132 valence electrons. The normalized spacial score (nSPS) is 11.5. The summed E-state index contributed by atoms with van der Waals surface area (Å²) in [4.78, 5) is 12.7. The third-order valence-corrected chi connectivity index (χ3v) is 4.46. The van der Waals surface area contributed by atoms with Gasteiger partial charge in [-0.2, -0.15) is 5.10 Å². The Balaban J connectivity index is 1.98. The van der Waals surface area contributed by atoms with Crippen LogP contribution in [0.2, 0.25) is 0 Å². The predicted octanol–water partition coefficient (Wildman–Crippen LogP) is 2.31. The van der Waals surface area contributed by atoms with Gasteiger partial charge in [-0.25, -0.2) is 4.52 Å². The van der Waals surface area contributed by atoms with Crippen molar-refractivity contribution in [2.45, 2.75) is 19.9 Å². The van der Waals surface area contributed by atoms with Gasteiger partial charge in [0.15, 0.2) is 11.2 Å². The van der Waals surface area contributed by atoms with Crippen LogP contribution in [0.25, 0.3) is 27.8 Å². The van der Waals surface area contributed by atoms with Crippen molar-refractivity contribution in [1.82, 2.24) is 24.4 Å². The fraction of sp³-hybridized carbons (Fsp3) is 0.263. The molecule has 0 spiro atoms. The fourth-order valence-corrected chi connectivity index (χ4v) is 3.14. The molecule has 7 heteroatoms. The van der Waals surface area contributed by atoms with Crippen molar-refractivity contribution >= 4 is 16.7 Å². The maximum absolute atomic E-state index is 12.7. The average molecular weight is 349 g/mol. The van der Waals surface area contributed by atoms with E-state index >= 15 is 0 Å². The predicted molar refractivity (Wildman–Crippen MR) is 99.2 cm³/mol. The summed E-state index contributed by atoms with van der Waals surface area (Å²) in [7, 11) is 1.61. The molecule has 0 N–H and O–H groups in total. The second kappa shape index (κ2) is 6.68. The zero-order chi connectivity index (χ0) is 18.1. The Morgan fingerprint density at radius 3 is 2.65 bits per heavy atom. The van der Waals surface area contributed by atoms with E-state index in [2.05, 4.69) is 17.1 Å². The zero-order valence-electron chi connectivity index (χ0n) is 14.7. The number of pyridine rings is 1. The highest BCUT2D eigenvalue weighted by Crippen LogP contribution is 2.28. The molecule has 0 bridgehead atoms. The van der Waals surface area contributed by atoms with E-state index in [1.807, 2.05) is 36.4 Å². The lowest BCUT2D eigenvalue weighted by atomic mass is 10.0. The number of nitrogens with zero attached hydrogens (tertiary/aromatic N) is 5. The summed E-state index contributed by atoms with van der Waals surface area (Å²) in [6.45, 7) is 2.99. The van der Waals surface area contributed by atoms with E-state index in [1.54, 1.807) is 22.4 Å². The summed E-state index contributed by atoms with van der Waals surface area (Å²) in [6.07, 6.45) is 2.51. The summed E-state index contributed by atoms with van der Waals surface area (Å²) in [5, 5.41) is 13.3. The molecule has 7 nitrogen and oxygen atoms in total. The largest absolute Gasteiger partial charge is 0.383 e. The number of fused-ring (bicyclic) bond motifs is 3. The zero-order valence-corrected chi connectivity index (χ0v) is 14.7. The highest BCUT2D eigenvalue weighted by Gasteiger charge is 2.18. The van der Waals surface area contributed by atoms with Gasteiger partial charge in [-0.1, -0.05) is 37.3 Å². The first kappa shape index (κ1) is 16.4. The average Bonchev–Trinajstić information content (AvgIpc) is 3.07. The summed E-state index contributed by atoms with van der Waals surface area (Å²) in [5.41, 5.74) is 4.37. The molecule has 26 heavy (non-hydrogen) atoms. The summed E-state index contributed by atoms with van der Waals surface area (Å²) < 4.78 is 8.36. The minimum absolute atomic E-state index is 0.191. The van der Waals surface area contributed by atoms with Gasteiger partial charge in [-0.15, -0.1) is 10.2 Å². The van der Waals surface area contributed by atoms with Gasteiger partial charge in [0.2, 0.25) is 0 Å². The number of hydrogen-bond acceptors (Lipinski definition) is 5. The molecule has 0 aliphatic heterocycles. The highest BCUT2D eigenvalue weighted by molar-refractivity contribution is 5.84. The van der Waals surface area contributed by atoms with Crippen LogP contribution in [0.1, 0.15) is 12.6 Å². The molecule has 3 heterocycles. The van der Waals surface area contributed by atoms with Crippen LogP contribution in [0.5, 0.6) is 0 Å². The second-order valence-corrected chi connectivity index (χ2v) is 6.02. The molecule has 0 saturated carbocycles. The van der Waals surface area contributed by atoms with Crippen molar-refractivity contribution < 1.29 is 4.74 Å². The molecule has 3 aromatic heterocycles. The number of hydrogen-bond donors (Lipinski definition) is 0.